The van der Waals surface area contributed by atoms with Gasteiger partial charge in [0.2, 0.25) is 0 Å². The van der Waals surface area contributed by atoms with E-state index in [1.54, 1.807) is 0 Å². The monoisotopic (exact) mass is 272 g/mol. The molecule has 1 unspecified atom stereocenters. The minimum atomic E-state index is 0.450. The van der Waals surface area contributed by atoms with Crippen LogP contribution in [-0.4, -0.2) is 0 Å². The molecule has 1 aliphatic rings. The van der Waals surface area contributed by atoms with Gasteiger partial charge in [0.25, 0.3) is 0 Å². The standard InChI is InChI=1S/C21H20/c1-21(2)14-19(21)18-13-12-15-8-6-7-11-17(15)20(18)16-9-4-3-5-10-16/h3-13,19H,14H2,1-2H3. The second-order valence-corrected chi connectivity index (χ2v) is 6.86. The lowest BCUT2D eigenvalue weighted by molar-refractivity contribution is 0.622. The first-order chi connectivity index (χ1) is 10.2. The zero-order valence-electron chi connectivity index (χ0n) is 12.6. The lowest BCUT2D eigenvalue weighted by Gasteiger charge is -2.15. The molecule has 4 rings (SSSR count). The van der Waals surface area contributed by atoms with Crippen molar-refractivity contribution < 1.29 is 0 Å². The van der Waals surface area contributed by atoms with Crippen LogP contribution in [0.3, 0.4) is 0 Å². The predicted molar refractivity (Wildman–Crippen MR) is 90.5 cm³/mol. The van der Waals surface area contributed by atoms with Gasteiger partial charge in [-0.2, -0.15) is 0 Å². The smallest absolute Gasteiger partial charge is 0.00703 e. The fraction of sp³-hybridized carbons (Fsp3) is 0.238. The summed E-state index contributed by atoms with van der Waals surface area (Å²) in [5.74, 6) is 0.692. The third-order valence-corrected chi connectivity index (χ3v) is 4.91. The summed E-state index contributed by atoms with van der Waals surface area (Å²) in [5.41, 5.74) is 4.74. The van der Waals surface area contributed by atoms with E-state index < -0.39 is 0 Å². The van der Waals surface area contributed by atoms with Crippen molar-refractivity contribution in [1.82, 2.24) is 0 Å². The highest BCUT2D eigenvalue weighted by Gasteiger charge is 2.47. The summed E-state index contributed by atoms with van der Waals surface area (Å²) in [6, 6.07) is 24.2. The Kier molecular flexibility index (Phi) is 2.68. The van der Waals surface area contributed by atoms with E-state index in [-0.39, 0.29) is 0 Å². The number of hydrogen-bond donors (Lipinski definition) is 0. The van der Waals surface area contributed by atoms with Crippen LogP contribution in [0.25, 0.3) is 21.9 Å². The number of rotatable bonds is 2. The summed E-state index contributed by atoms with van der Waals surface area (Å²) in [5, 5.41) is 2.71. The van der Waals surface area contributed by atoms with Crippen LogP contribution < -0.4 is 0 Å². The van der Waals surface area contributed by atoms with Crippen LogP contribution in [0, 0.1) is 5.41 Å². The van der Waals surface area contributed by atoms with Crippen LogP contribution in [0.15, 0.2) is 66.7 Å². The fourth-order valence-electron chi connectivity index (χ4n) is 3.50. The summed E-state index contributed by atoms with van der Waals surface area (Å²) in [6.45, 7) is 4.75. The van der Waals surface area contributed by atoms with E-state index in [2.05, 4.69) is 80.6 Å². The Hall–Kier alpha value is -2.08. The summed E-state index contributed by atoms with van der Waals surface area (Å²) in [6.07, 6.45) is 1.30. The Morgan fingerprint density at radius 3 is 2.19 bits per heavy atom. The van der Waals surface area contributed by atoms with Crippen LogP contribution in [0.1, 0.15) is 31.7 Å². The summed E-state index contributed by atoms with van der Waals surface area (Å²) in [4.78, 5) is 0. The van der Waals surface area contributed by atoms with Crippen molar-refractivity contribution in [1.29, 1.82) is 0 Å². The molecule has 0 radical (unpaired) electrons. The largest absolute Gasteiger partial charge is 0.0622 e. The lowest BCUT2D eigenvalue weighted by Crippen LogP contribution is -1.94. The van der Waals surface area contributed by atoms with E-state index in [1.165, 1.54) is 33.9 Å². The number of hydrogen-bond acceptors (Lipinski definition) is 0. The normalized spacial score (nSPS) is 19.6. The Balaban J connectivity index is 2.02. The van der Waals surface area contributed by atoms with Crippen LogP contribution >= 0.6 is 0 Å². The van der Waals surface area contributed by atoms with Crippen molar-refractivity contribution in [2.75, 3.05) is 0 Å². The molecule has 3 aromatic rings. The highest BCUT2D eigenvalue weighted by atomic mass is 14.5. The van der Waals surface area contributed by atoms with Gasteiger partial charge in [0, 0.05) is 0 Å². The van der Waals surface area contributed by atoms with Gasteiger partial charge in [-0.3, -0.25) is 0 Å². The van der Waals surface area contributed by atoms with E-state index in [0.29, 0.717) is 11.3 Å². The molecule has 0 amide bonds. The molecule has 0 nitrogen and oxygen atoms in total. The number of benzene rings is 3. The molecule has 1 aliphatic carbocycles. The molecule has 0 spiro atoms. The highest BCUT2D eigenvalue weighted by molar-refractivity contribution is 5.98. The maximum Gasteiger partial charge on any atom is -0.00703 e. The molecule has 1 atom stereocenters. The Labute approximate surface area is 126 Å². The maximum atomic E-state index is 2.38. The van der Waals surface area contributed by atoms with E-state index in [4.69, 9.17) is 0 Å². The molecule has 104 valence electrons. The summed E-state index contributed by atoms with van der Waals surface area (Å²) >= 11 is 0. The molecule has 3 aromatic carbocycles. The van der Waals surface area contributed by atoms with Crippen molar-refractivity contribution in [3.63, 3.8) is 0 Å². The topological polar surface area (TPSA) is 0 Å². The average Bonchev–Trinajstić information content (AvgIpc) is 3.15. The minimum Gasteiger partial charge on any atom is -0.0622 e. The molecule has 21 heavy (non-hydrogen) atoms. The van der Waals surface area contributed by atoms with Gasteiger partial charge in [-0.15, -0.1) is 0 Å². The van der Waals surface area contributed by atoms with Gasteiger partial charge in [0.05, 0.1) is 0 Å². The van der Waals surface area contributed by atoms with Gasteiger partial charge in [-0.1, -0.05) is 80.6 Å². The van der Waals surface area contributed by atoms with E-state index in [0.717, 1.165) is 0 Å². The average molecular weight is 272 g/mol. The van der Waals surface area contributed by atoms with Crippen LogP contribution in [0.5, 0.6) is 0 Å². The first-order valence-electron chi connectivity index (χ1n) is 7.74. The maximum absolute atomic E-state index is 2.38. The quantitative estimate of drug-likeness (QED) is 0.535. The highest BCUT2D eigenvalue weighted by Crippen LogP contribution is 2.60. The molecule has 0 bridgehead atoms. The summed E-state index contributed by atoms with van der Waals surface area (Å²) < 4.78 is 0. The second-order valence-electron chi connectivity index (χ2n) is 6.86. The molecule has 1 saturated carbocycles. The molecule has 0 heterocycles. The molecule has 0 aromatic heterocycles. The van der Waals surface area contributed by atoms with Gasteiger partial charge < -0.3 is 0 Å². The van der Waals surface area contributed by atoms with Crippen molar-refractivity contribution in [2.24, 2.45) is 5.41 Å². The van der Waals surface area contributed by atoms with E-state index >= 15 is 0 Å². The molecular formula is C21H20. The Morgan fingerprint density at radius 1 is 0.810 bits per heavy atom. The molecular weight excluding hydrogens is 252 g/mol. The molecule has 0 heteroatoms. The first-order valence-corrected chi connectivity index (χ1v) is 7.74. The third kappa shape index (κ3) is 2.06. The van der Waals surface area contributed by atoms with Gasteiger partial charge >= 0.3 is 0 Å². The third-order valence-electron chi connectivity index (χ3n) is 4.91. The van der Waals surface area contributed by atoms with Crippen molar-refractivity contribution in [3.05, 3.63) is 72.3 Å². The predicted octanol–water partition coefficient (Wildman–Crippen LogP) is 6.02. The van der Waals surface area contributed by atoms with Gasteiger partial charge in [-0.05, 0) is 45.2 Å². The van der Waals surface area contributed by atoms with Crippen molar-refractivity contribution in [2.45, 2.75) is 26.2 Å². The SMILES string of the molecule is CC1(C)CC1c1ccc2ccccc2c1-c1ccccc1. The van der Waals surface area contributed by atoms with Crippen LogP contribution in [0.4, 0.5) is 0 Å². The van der Waals surface area contributed by atoms with Crippen molar-refractivity contribution >= 4 is 10.8 Å². The second kappa shape index (κ2) is 4.46. The van der Waals surface area contributed by atoms with E-state index in [1.807, 2.05) is 0 Å². The Morgan fingerprint density at radius 2 is 1.48 bits per heavy atom. The first kappa shape index (κ1) is 12.6. The van der Waals surface area contributed by atoms with E-state index in [9.17, 15) is 0 Å². The van der Waals surface area contributed by atoms with Crippen molar-refractivity contribution in [3.8, 4) is 11.1 Å². The molecule has 0 aliphatic heterocycles. The number of fused-ring (bicyclic) bond motifs is 1. The zero-order valence-corrected chi connectivity index (χ0v) is 12.6. The molecule has 0 saturated heterocycles. The molecule has 1 fully saturated rings. The minimum absolute atomic E-state index is 0.450. The van der Waals surface area contributed by atoms with Crippen LogP contribution in [0.2, 0.25) is 0 Å². The summed E-state index contributed by atoms with van der Waals surface area (Å²) in [7, 11) is 0. The lowest BCUT2D eigenvalue weighted by atomic mass is 9.89. The van der Waals surface area contributed by atoms with Gasteiger partial charge in [0.15, 0.2) is 0 Å². The fourth-order valence-corrected chi connectivity index (χ4v) is 3.50. The Bertz CT molecular complexity index is 797. The van der Waals surface area contributed by atoms with Crippen LogP contribution in [-0.2, 0) is 0 Å². The zero-order chi connectivity index (χ0) is 14.4. The molecule has 0 N–H and O–H groups in total. The van der Waals surface area contributed by atoms with Gasteiger partial charge in [0.1, 0.15) is 0 Å². The van der Waals surface area contributed by atoms with Gasteiger partial charge in [-0.25, -0.2) is 0 Å².